The van der Waals surface area contributed by atoms with Crippen molar-refractivity contribution in [1.82, 2.24) is 10.2 Å². The van der Waals surface area contributed by atoms with E-state index in [2.05, 4.69) is 17.3 Å². The van der Waals surface area contributed by atoms with E-state index in [1.165, 1.54) is 24.9 Å². The van der Waals surface area contributed by atoms with Gasteiger partial charge in [-0.2, -0.15) is 11.8 Å². The minimum Gasteiger partial charge on any atom is -0.477 e. The largest absolute Gasteiger partial charge is 0.477 e. The highest BCUT2D eigenvalue weighted by atomic mass is 32.2. The molecule has 0 spiro atoms. The van der Waals surface area contributed by atoms with Gasteiger partial charge in [0.15, 0.2) is 9.84 Å². The van der Waals surface area contributed by atoms with Gasteiger partial charge in [-0.25, -0.2) is 8.42 Å². The lowest BCUT2D eigenvalue weighted by atomic mass is 10.0. The second kappa shape index (κ2) is 9.15. The Hall–Kier alpha value is -1.09. The molecule has 0 bridgehead atoms. The molecule has 3 rings (SSSR count). The Bertz CT molecular complexity index is 787. The Morgan fingerprint density at radius 3 is 2.61 bits per heavy atom. The zero-order chi connectivity index (χ0) is 20.3. The highest BCUT2D eigenvalue weighted by Crippen LogP contribution is 2.29. The third kappa shape index (κ3) is 5.28. The summed E-state index contributed by atoms with van der Waals surface area (Å²) in [5, 5.41) is 4.35. The van der Waals surface area contributed by atoms with Crippen molar-refractivity contribution in [3.8, 4) is 0 Å². The number of rotatable bonds is 6. The fourth-order valence-corrected chi connectivity index (χ4v) is 5.49. The first-order valence-corrected chi connectivity index (χ1v) is 12.8. The van der Waals surface area contributed by atoms with Crippen LogP contribution in [0.25, 0.3) is 0 Å². The van der Waals surface area contributed by atoms with Gasteiger partial charge in [-0.15, -0.1) is 0 Å². The molecule has 0 amide bonds. The monoisotopic (exact) mass is 425 g/mol. The Kier molecular flexibility index (Phi) is 7.07. The molecule has 8 heteroatoms. The molecule has 1 aromatic carbocycles. The van der Waals surface area contributed by atoms with Crippen molar-refractivity contribution in [1.29, 1.82) is 0 Å². The summed E-state index contributed by atoms with van der Waals surface area (Å²) >= 11 is 2.04. The van der Waals surface area contributed by atoms with Crippen LogP contribution >= 0.6 is 11.8 Å². The second-order valence-electron chi connectivity index (χ2n) is 7.81. The lowest BCUT2D eigenvalue weighted by molar-refractivity contribution is 0.126. The van der Waals surface area contributed by atoms with Crippen LogP contribution in [-0.2, 0) is 14.6 Å². The summed E-state index contributed by atoms with van der Waals surface area (Å²) in [6, 6.07) is 6.92. The van der Waals surface area contributed by atoms with Gasteiger partial charge in [0.25, 0.3) is 0 Å². The van der Waals surface area contributed by atoms with E-state index in [0.717, 1.165) is 12.1 Å². The van der Waals surface area contributed by atoms with Crippen LogP contribution < -0.4 is 5.32 Å². The standard InChI is InChI=1S/C20H31N3O3S2/c1-14(2)26-20-19(15-7-9-17(10-8-15)28(4,24)25)23(3)18(13-22-20)21-12-16-6-5-11-27-16/h7-10,14,16,18-19,21H,5-6,11-13H2,1-4H3. The maximum absolute atomic E-state index is 11.8. The molecule has 0 saturated carbocycles. The summed E-state index contributed by atoms with van der Waals surface area (Å²) in [6.07, 6.45) is 3.96. The number of aliphatic imine (C=N–C) groups is 1. The smallest absolute Gasteiger partial charge is 0.206 e. The van der Waals surface area contributed by atoms with E-state index in [-0.39, 0.29) is 18.3 Å². The number of sulfone groups is 1. The highest BCUT2D eigenvalue weighted by molar-refractivity contribution is 8.00. The van der Waals surface area contributed by atoms with Gasteiger partial charge in [-0.3, -0.25) is 15.2 Å². The summed E-state index contributed by atoms with van der Waals surface area (Å²) in [4.78, 5) is 7.32. The minimum atomic E-state index is -3.21. The summed E-state index contributed by atoms with van der Waals surface area (Å²) in [7, 11) is -1.14. The normalized spacial score (nSPS) is 26.5. The molecule has 2 heterocycles. The Morgan fingerprint density at radius 2 is 2.04 bits per heavy atom. The number of thioether (sulfide) groups is 1. The lowest BCUT2D eigenvalue weighted by Gasteiger charge is -2.39. The maximum atomic E-state index is 11.8. The third-order valence-electron chi connectivity index (χ3n) is 5.14. The molecule has 28 heavy (non-hydrogen) atoms. The van der Waals surface area contributed by atoms with Crippen LogP contribution in [0.4, 0.5) is 0 Å². The van der Waals surface area contributed by atoms with Crippen molar-refractivity contribution >= 4 is 27.5 Å². The zero-order valence-corrected chi connectivity index (χ0v) is 18.7. The molecule has 3 unspecified atom stereocenters. The van der Waals surface area contributed by atoms with E-state index in [0.29, 0.717) is 22.6 Å². The second-order valence-corrected chi connectivity index (χ2v) is 11.2. The zero-order valence-electron chi connectivity index (χ0n) is 17.1. The number of hydrogen-bond donors (Lipinski definition) is 1. The number of nitrogens with zero attached hydrogens (tertiary/aromatic N) is 2. The van der Waals surface area contributed by atoms with Crippen LogP contribution in [0.5, 0.6) is 0 Å². The van der Waals surface area contributed by atoms with Gasteiger partial charge in [-0.05, 0) is 57.2 Å². The van der Waals surface area contributed by atoms with Crippen LogP contribution in [0.2, 0.25) is 0 Å². The van der Waals surface area contributed by atoms with Gasteiger partial charge in [0.05, 0.1) is 23.7 Å². The van der Waals surface area contributed by atoms with Gasteiger partial charge in [-0.1, -0.05) is 12.1 Å². The first kappa shape index (κ1) is 21.6. The highest BCUT2D eigenvalue weighted by Gasteiger charge is 2.34. The van der Waals surface area contributed by atoms with Crippen molar-refractivity contribution in [2.45, 2.75) is 55.1 Å². The van der Waals surface area contributed by atoms with Crippen molar-refractivity contribution in [3.05, 3.63) is 29.8 Å². The average Bonchev–Trinajstić information content (AvgIpc) is 3.14. The van der Waals surface area contributed by atoms with Gasteiger partial charge < -0.3 is 4.74 Å². The molecule has 2 aliphatic heterocycles. The average molecular weight is 426 g/mol. The van der Waals surface area contributed by atoms with Crippen molar-refractivity contribution in [2.75, 3.05) is 32.1 Å². The maximum Gasteiger partial charge on any atom is 0.206 e. The van der Waals surface area contributed by atoms with E-state index >= 15 is 0 Å². The van der Waals surface area contributed by atoms with E-state index < -0.39 is 9.84 Å². The molecule has 1 aromatic rings. The topological polar surface area (TPSA) is 71.0 Å². The molecule has 3 atom stereocenters. The van der Waals surface area contributed by atoms with Crippen LogP contribution in [0.3, 0.4) is 0 Å². The van der Waals surface area contributed by atoms with E-state index in [4.69, 9.17) is 9.73 Å². The molecule has 0 aromatic heterocycles. The SMILES string of the molecule is CC(C)OC1=NCC(NCC2CCCS2)N(C)C1c1ccc(S(C)(=O)=O)cc1. The summed E-state index contributed by atoms with van der Waals surface area (Å²) in [5.74, 6) is 1.95. The molecule has 0 aliphatic carbocycles. The predicted octanol–water partition coefficient (Wildman–Crippen LogP) is 2.71. The molecule has 1 N–H and O–H groups in total. The van der Waals surface area contributed by atoms with Crippen LogP contribution in [-0.4, -0.2) is 68.9 Å². The lowest BCUT2D eigenvalue weighted by Crippen LogP contribution is -2.53. The van der Waals surface area contributed by atoms with Crippen molar-refractivity contribution in [2.24, 2.45) is 4.99 Å². The molecule has 2 aliphatic rings. The first-order valence-electron chi connectivity index (χ1n) is 9.83. The van der Waals surface area contributed by atoms with Gasteiger partial charge in [0, 0.05) is 18.1 Å². The molecule has 0 radical (unpaired) electrons. The van der Waals surface area contributed by atoms with Crippen molar-refractivity contribution in [3.63, 3.8) is 0 Å². The molecule has 156 valence electrons. The summed E-state index contributed by atoms with van der Waals surface area (Å²) in [5.41, 5.74) is 0.982. The Morgan fingerprint density at radius 1 is 1.32 bits per heavy atom. The predicted molar refractivity (Wildman–Crippen MR) is 116 cm³/mol. The number of ether oxygens (including phenoxy) is 1. The quantitative estimate of drug-likeness (QED) is 0.756. The number of nitrogens with one attached hydrogen (secondary N) is 1. The number of benzene rings is 1. The molecule has 6 nitrogen and oxygen atoms in total. The molecular formula is C20H31N3O3S2. The van der Waals surface area contributed by atoms with Crippen LogP contribution in [0.15, 0.2) is 34.2 Å². The first-order chi connectivity index (χ1) is 13.3. The Balaban J connectivity index is 1.80. The number of likely N-dealkylation sites (N-methyl/N-ethyl adjacent to an activating group) is 1. The van der Waals surface area contributed by atoms with Gasteiger partial charge in [0.2, 0.25) is 5.90 Å². The van der Waals surface area contributed by atoms with Gasteiger partial charge >= 0.3 is 0 Å². The van der Waals surface area contributed by atoms with Crippen molar-refractivity contribution < 1.29 is 13.2 Å². The molecule has 1 saturated heterocycles. The van der Waals surface area contributed by atoms with Crippen LogP contribution in [0.1, 0.15) is 38.3 Å². The molecular weight excluding hydrogens is 394 g/mol. The van der Waals surface area contributed by atoms with E-state index in [9.17, 15) is 8.42 Å². The summed E-state index contributed by atoms with van der Waals surface area (Å²) in [6.45, 7) is 5.62. The number of hydrogen-bond acceptors (Lipinski definition) is 7. The Labute approximate surface area is 173 Å². The third-order valence-corrected chi connectivity index (χ3v) is 7.67. The minimum absolute atomic E-state index is 0.0318. The fraction of sp³-hybridized carbons (Fsp3) is 0.650. The van der Waals surface area contributed by atoms with Gasteiger partial charge in [0.1, 0.15) is 6.04 Å². The fourth-order valence-electron chi connectivity index (χ4n) is 3.65. The van der Waals surface area contributed by atoms with E-state index in [1.54, 1.807) is 12.1 Å². The molecule has 1 fully saturated rings. The van der Waals surface area contributed by atoms with Crippen LogP contribution in [0, 0.1) is 0 Å². The summed E-state index contributed by atoms with van der Waals surface area (Å²) < 4.78 is 29.6. The van der Waals surface area contributed by atoms with E-state index in [1.807, 2.05) is 37.7 Å².